The Balaban J connectivity index is 2.11. The third-order valence-electron chi connectivity index (χ3n) is 3.07. The van der Waals surface area contributed by atoms with Crippen molar-refractivity contribution in [1.82, 2.24) is 4.98 Å². The van der Waals surface area contributed by atoms with E-state index in [2.05, 4.69) is 26.2 Å². The molecule has 1 fully saturated rings. The minimum atomic E-state index is -0.447. The Bertz CT molecular complexity index is 447. The molecular formula is C11H14BrN3O3. The number of rotatable bonds is 3. The Labute approximate surface area is 113 Å². The molecule has 1 aliphatic rings. The molecule has 1 aromatic rings. The van der Waals surface area contributed by atoms with Gasteiger partial charge in [0.05, 0.1) is 11.0 Å². The van der Waals surface area contributed by atoms with Crippen molar-refractivity contribution in [2.45, 2.75) is 37.8 Å². The molecule has 0 saturated heterocycles. The standard InChI is InChI=1S/C11H14BrN3O3/c12-7-5-10(15(17)18)11(13-6-7)14-8-1-3-9(16)4-2-8/h5-6,8-9,16H,1-4H2,(H,13,14). The molecule has 7 heteroatoms. The first-order valence-corrected chi connectivity index (χ1v) is 6.60. The molecule has 0 aromatic carbocycles. The van der Waals surface area contributed by atoms with E-state index in [1.165, 1.54) is 12.3 Å². The first kappa shape index (κ1) is 13.2. The van der Waals surface area contributed by atoms with Gasteiger partial charge in [-0.15, -0.1) is 0 Å². The number of anilines is 1. The van der Waals surface area contributed by atoms with Gasteiger partial charge in [-0.2, -0.15) is 0 Å². The van der Waals surface area contributed by atoms with E-state index in [9.17, 15) is 15.2 Å². The van der Waals surface area contributed by atoms with Crippen LogP contribution in [0, 0.1) is 10.1 Å². The molecule has 6 nitrogen and oxygen atoms in total. The highest BCUT2D eigenvalue weighted by Gasteiger charge is 2.23. The van der Waals surface area contributed by atoms with Gasteiger partial charge in [0.15, 0.2) is 0 Å². The molecule has 1 saturated carbocycles. The van der Waals surface area contributed by atoms with Gasteiger partial charge in [-0.1, -0.05) is 0 Å². The Hall–Kier alpha value is -1.21. The largest absolute Gasteiger partial charge is 0.393 e. The number of pyridine rings is 1. The van der Waals surface area contributed by atoms with Crippen molar-refractivity contribution >= 4 is 27.4 Å². The minimum absolute atomic E-state index is 0.0319. The summed E-state index contributed by atoms with van der Waals surface area (Å²) in [4.78, 5) is 14.5. The number of nitrogens with zero attached hydrogens (tertiary/aromatic N) is 2. The summed E-state index contributed by atoms with van der Waals surface area (Å²) in [5.41, 5.74) is -0.0319. The maximum atomic E-state index is 10.9. The van der Waals surface area contributed by atoms with Crippen LogP contribution >= 0.6 is 15.9 Å². The summed E-state index contributed by atoms with van der Waals surface area (Å²) in [6, 6.07) is 1.58. The Morgan fingerprint density at radius 1 is 1.44 bits per heavy atom. The molecule has 2 rings (SSSR count). The summed E-state index contributed by atoms with van der Waals surface area (Å²) >= 11 is 3.17. The topological polar surface area (TPSA) is 88.3 Å². The molecule has 1 aromatic heterocycles. The SMILES string of the molecule is O=[N+]([O-])c1cc(Br)cnc1NC1CCC(O)CC1. The summed E-state index contributed by atoms with van der Waals surface area (Å²) in [5, 5.41) is 23.4. The van der Waals surface area contributed by atoms with Crippen molar-refractivity contribution in [2.24, 2.45) is 0 Å². The second-order valence-electron chi connectivity index (χ2n) is 4.43. The van der Waals surface area contributed by atoms with Gasteiger partial charge < -0.3 is 10.4 Å². The molecule has 2 N–H and O–H groups in total. The summed E-state index contributed by atoms with van der Waals surface area (Å²) in [5.74, 6) is 0.296. The number of aliphatic hydroxyl groups excluding tert-OH is 1. The molecule has 0 spiro atoms. The van der Waals surface area contributed by atoms with Gasteiger partial charge in [0.1, 0.15) is 0 Å². The maximum Gasteiger partial charge on any atom is 0.312 e. The van der Waals surface area contributed by atoms with Gasteiger partial charge >= 0.3 is 5.69 Å². The summed E-state index contributed by atoms with van der Waals surface area (Å²) < 4.78 is 0.582. The summed E-state index contributed by atoms with van der Waals surface area (Å²) in [6.45, 7) is 0. The lowest BCUT2D eigenvalue weighted by molar-refractivity contribution is -0.384. The van der Waals surface area contributed by atoms with Crippen molar-refractivity contribution in [3.8, 4) is 0 Å². The van der Waals surface area contributed by atoms with E-state index >= 15 is 0 Å². The second-order valence-corrected chi connectivity index (χ2v) is 5.34. The smallest absolute Gasteiger partial charge is 0.312 e. The fourth-order valence-electron chi connectivity index (χ4n) is 2.09. The predicted molar refractivity (Wildman–Crippen MR) is 70.5 cm³/mol. The van der Waals surface area contributed by atoms with Crippen molar-refractivity contribution in [3.63, 3.8) is 0 Å². The maximum absolute atomic E-state index is 10.9. The van der Waals surface area contributed by atoms with Crippen molar-refractivity contribution in [3.05, 3.63) is 26.9 Å². The molecule has 98 valence electrons. The highest BCUT2D eigenvalue weighted by Crippen LogP contribution is 2.28. The van der Waals surface area contributed by atoms with Crippen molar-refractivity contribution < 1.29 is 10.0 Å². The highest BCUT2D eigenvalue weighted by atomic mass is 79.9. The lowest BCUT2D eigenvalue weighted by atomic mass is 9.93. The molecule has 0 bridgehead atoms. The monoisotopic (exact) mass is 315 g/mol. The molecule has 0 aliphatic heterocycles. The fraction of sp³-hybridized carbons (Fsp3) is 0.545. The van der Waals surface area contributed by atoms with E-state index in [1.54, 1.807) is 0 Å². The number of aliphatic hydroxyl groups is 1. The summed E-state index contributed by atoms with van der Waals surface area (Å²) in [7, 11) is 0. The van der Waals surface area contributed by atoms with E-state index < -0.39 is 4.92 Å². The first-order chi connectivity index (χ1) is 8.56. The zero-order chi connectivity index (χ0) is 13.1. The molecule has 1 heterocycles. The lowest BCUT2D eigenvalue weighted by Gasteiger charge is -2.26. The second kappa shape index (κ2) is 5.62. The first-order valence-electron chi connectivity index (χ1n) is 5.81. The molecule has 0 unspecified atom stereocenters. The molecule has 0 radical (unpaired) electrons. The van der Waals surface area contributed by atoms with Crippen molar-refractivity contribution in [1.29, 1.82) is 0 Å². The van der Waals surface area contributed by atoms with Crippen LogP contribution < -0.4 is 5.32 Å². The fourth-order valence-corrected chi connectivity index (χ4v) is 2.41. The number of aromatic nitrogens is 1. The molecule has 18 heavy (non-hydrogen) atoms. The summed E-state index contributed by atoms with van der Waals surface area (Å²) in [6.07, 6.45) is 4.35. The zero-order valence-electron chi connectivity index (χ0n) is 9.67. The van der Waals surface area contributed by atoms with E-state index in [0.29, 0.717) is 10.3 Å². The zero-order valence-corrected chi connectivity index (χ0v) is 11.3. The van der Waals surface area contributed by atoms with Gasteiger partial charge in [0.25, 0.3) is 0 Å². The van der Waals surface area contributed by atoms with E-state index in [0.717, 1.165) is 25.7 Å². The Morgan fingerprint density at radius 2 is 2.11 bits per heavy atom. The van der Waals surface area contributed by atoms with E-state index in [4.69, 9.17) is 0 Å². The molecule has 0 amide bonds. The number of halogens is 1. The normalized spacial score (nSPS) is 23.7. The van der Waals surface area contributed by atoms with Crippen LogP contribution in [0.2, 0.25) is 0 Å². The number of hydrogen-bond acceptors (Lipinski definition) is 5. The van der Waals surface area contributed by atoms with Gasteiger partial charge in [0, 0.05) is 22.8 Å². The predicted octanol–water partition coefficient (Wildman–Crippen LogP) is 2.47. The average molecular weight is 316 g/mol. The van der Waals surface area contributed by atoms with Gasteiger partial charge in [-0.25, -0.2) is 4.98 Å². The van der Waals surface area contributed by atoms with Gasteiger partial charge in [-0.05, 0) is 41.6 Å². The quantitative estimate of drug-likeness (QED) is 0.660. The van der Waals surface area contributed by atoms with Crippen LogP contribution in [0.4, 0.5) is 11.5 Å². The van der Waals surface area contributed by atoms with Crippen LogP contribution in [-0.2, 0) is 0 Å². The van der Waals surface area contributed by atoms with Crippen LogP contribution in [0.25, 0.3) is 0 Å². The number of nitrogens with one attached hydrogen (secondary N) is 1. The number of nitro groups is 1. The minimum Gasteiger partial charge on any atom is -0.393 e. The van der Waals surface area contributed by atoms with Crippen LogP contribution in [0.3, 0.4) is 0 Å². The highest BCUT2D eigenvalue weighted by molar-refractivity contribution is 9.10. The van der Waals surface area contributed by atoms with Crippen LogP contribution in [0.15, 0.2) is 16.7 Å². The van der Waals surface area contributed by atoms with Gasteiger partial charge in [0.2, 0.25) is 5.82 Å². The lowest BCUT2D eigenvalue weighted by Crippen LogP contribution is -2.28. The Kier molecular flexibility index (Phi) is 4.13. The van der Waals surface area contributed by atoms with Crippen LogP contribution in [0.5, 0.6) is 0 Å². The van der Waals surface area contributed by atoms with E-state index in [1.807, 2.05) is 0 Å². The van der Waals surface area contributed by atoms with Crippen molar-refractivity contribution in [2.75, 3.05) is 5.32 Å². The molecular weight excluding hydrogens is 302 g/mol. The third-order valence-corrected chi connectivity index (χ3v) is 3.50. The average Bonchev–Trinajstić information content (AvgIpc) is 2.34. The third kappa shape index (κ3) is 3.17. The molecule has 0 atom stereocenters. The van der Waals surface area contributed by atoms with Crippen LogP contribution in [-0.4, -0.2) is 27.2 Å². The van der Waals surface area contributed by atoms with Gasteiger partial charge in [-0.3, -0.25) is 10.1 Å². The van der Waals surface area contributed by atoms with E-state index in [-0.39, 0.29) is 17.8 Å². The number of hydrogen-bond donors (Lipinski definition) is 2. The van der Waals surface area contributed by atoms with Crippen LogP contribution in [0.1, 0.15) is 25.7 Å². The Morgan fingerprint density at radius 3 is 2.72 bits per heavy atom. The molecule has 1 aliphatic carbocycles.